The molecule has 5 heterocycles. The van der Waals surface area contributed by atoms with Gasteiger partial charge in [-0.25, -0.2) is 14.8 Å². The molecule has 204 valence electrons. The molecule has 10 heteroatoms. The molecule has 0 bridgehead atoms. The number of hydrogen-bond acceptors (Lipinski definition) is 8. The number of anilines is 1. The fraction of sp³-hybridized carbons (Fsp3) is 0.448. The number of carbonyl (C=O) groups excluding carboxylic acids is 1. The molecule has 2 aliphatic rings. The van der Waals surface area contributed by atoms with Crippen molar-refractivity contribution in [2.45, 2.75) is 44.8 Å². The fourth-order valence-corrected chi connectivity index (χ4v) is 5.56. The largest absolute Gasteiger partial charge is 0.467 e. The Morgan fingerprint density at radius 2 is 1.79 bits per heavy atom. The fourth-order valence-electron chi connectivity index (χ4n) is 5.56. The van der Waals surface area contributed by atoms with E-state index in [4.69, 9.17) is 24.2 Å². The Labute approximate surface area is 227 Å². The van der Waals surface area contributed by atoms with Gasteiger partial charge in [0.05, 0.1) is 27.8 Å². The molecular weight excluding hydrogens is 496 g/mol. The van der Waals surface area contributed by atoms with Crippen LogP contribution < -0.4 is 9.64 Å². The summed E-state index contributed by atoms with van der Waals surface area (Å²) in [6, 6.07) is 12.0. The smallest absolute Gasteiger partial charge is 0.410 e. The first-order valence-electron chi connectivity index (χ1n) is 13.3. The Kier molecular flexibility index (Phi) is 6.10. The number of nitrogens with zero attached hydrogens (tertiary/aromatic N) is 6. The second kappa shape index (κ2) is 9.37. The third-order valence-electron chi connectivity index (χ3n) is 7.50. The monoisotopic (exact) mass is 530 g/mol. The van der Waals surface area contributed by atoms with Gasteiger partial charge < -0.3 is 24.0 Å². The molecule has 1 spiro atoms. The number of fused-ring (bicyclic) bond motifs is 2. The van der Waals surface area contributed by atoms with Gasteiger partial charge >= 0.3 is 6.09 Å². The lowest BCUT2D eigenvalue weighted by Crippen LogP contribution is -2.64. The molecule has 2 fully saturated rings. The summed E-state index contributed by atoms with van der Waals surface area (Å²) >= 11 is 0. The number of ether oxygens (including phenoxy) is 3. The van der Waals surface area contributed by atoms with Crippen molar-refractivity contribution < 1.29 is 19.0 Å². The zero-order valence-corrected chi connectivity index (χ0v) is 23.1. The minimum Gasteiger partial charge on any atom is -0.467 e. The van der Waals surface area contributed by atoms with Crippen LogP contribution in [0.3, 0.4) is 0 Å². The van der Waals surface area contributed by atoms with Crippen molar-refractivity contribution in [1.29, 1.82) is 0 Å². The molecule has 0 saturated carbocycles. The zero-order valence-electron chi connectivity index (χ0n) is 23.1. The van der Waals surface area contributed by atoms with Crippen LogP contribution in [0.25, 0.3) is 33.2 Å². The molecule has 2 saturated heterocycles. The van der Waals surface area contributed by atoms with Gasteiger partial charge in [-0.1, -0.05) is 0 Å². The number of rotatable bonds is 5. The van der Waals surface area contributed by atoms with Gasteiger partial charge in [0.25, 0.3) is 0 Å². The molecule has 4 aromatic rings. The van der Waals surface area contributed by atoms with E-state index < -0.39 is 5.60 Å². The molecule has 1 unspecified atom stereocenters. The summed E-state index contributed by atoms with van der Waals surface area (Å²) in [5.74, 6) is 1.56. The molecule has 2 aliphatic heterocycles. The van der Waals surface area contributed by atoms with E-state index in [2.05, 4.69) is 10.00 Å². The van der Waals surface area contributed by atoms with Crippen LogP contribution in [-0.2, 0) is 16.5 Å². The lowest BCUT2D eigenvalue weighted by molar-refractivity contribution is -0.0362. The molecule has 0 aliphatic carbocycles. The first kappa shape index (κ1) is 25.4. The molecule has 39 heavy (non-hydrogen) atoms. The van der Waals surface area contributed by atoms with Gasteiger partial charge in [0.2, 0.25) is 0 Å². The molecule has 10 nitrogen and oxygen atoms in total. The predicted octanol–water partition coefficient (Wildman–Crippen LogP) is 4.76. The highest BCUT2D eigenvalue weighted by atomic mass is 16.7. The highest BCUT2D eigenvalue weighted by Crippen LogP contribution is 2.41. The maximum Gasteiger partial charge on any atom is 0.410 e. The van der Waals surface area contributed by atoms with E-state index in [1.807, 2.05) is 75.3 Å². The lowest BCUT2D eigenvalue weighted by Gasteiger charge is -2.50. The molecule has 1 atom stereocenters. The summed E-state index contributed by atoms with van der Waals surface area (Å²) in [6.45, 7) is 8.18. The van der Waals surface area contributed by atoms with Gasteiger partial charge in [-0.3, -0.25) is 4.68 Å². The van der Waals surface area contributed by atoms with Crippen molar-refractivity contribution in [3.8, 4) is 17.0 Å². The standard InChI is InChI=1S/C29H34N6O4/c1-28(2,3)39-27(36)35-13-11-29(35)10-12-34(17-29)26-9-8-22-23(31-26)7-6-21(30-22)20-14-19-16-33(4)32-24(19)15-25(20)38-18-37-5/h6-9,14-16H,10-13,17-18H2,1-5H3. The van der Waals surface area contributed by atoms with Crippen LogP contribution in [0, 0.1) is 0 Å². The van der Waals surface area contributed by atoms with E-state index in [0.29, 0.717) is 5.75 Å². The first-order chi connectivity index (χ1) is 18.6. The SMILES string of the molecule is COCOc1cc2nn(C)cc2cc1-c1ccc2nc(N3CCC4(CCN4C(=O)OC(C)(C)C)C3)ccc2n1. The average molecular weight is 531 g/mol. The van der Waals surface area contributed by atoms with Crippen LogP contribution >= 0.6 is 0 Å². The number of pyridine rings is 2. The molecule has 6 rings (SSSR count). The van der Waals surface area contributed by atoms with Gasteiger partial charge in [0, 0.05) is 57.0 Å². The van der Waals surface area contributed by atoms with Crippen LogP contribution in [0.5, 0.6) is 5.75 Å². The molecule has 1 amide bonds. The topological polar surface area (TPSA) is 94.8 Å². The van der Waals surface area contributed by atoms with E-state index in [1.165, 1.54) is 0 Å². The minimum atomic E-state index is -0.502. The predicted molar refractivity (Wildman–Crippen MR) is 149 cm³/mol. The van der Waals surface area contributed by atoms with E-state index in [0.717, 1.165) is 71.5 Å². The summed E-state index contributed by atoms with van der Waals surface area (Å²) in [7, 11) is 3.49. The molecule has 1 aromatic carbocycles. The van der Waals surface area contributed by atoms with E-state index in [-0.39, 0.29) is 18.4 Å². The Morgan fingerprint density at radius 1 is 1.03 bits per heavy atom. The number of likely N-dealkylation sites (tertiary alicyclic amines) is 1. The van der Waals surface area contributed by atoms with E-state index >= 15 is 0 Å². The number of aryl methyl sites for hydroxylation is 1. The Bertz CT molecular complexity index is 1560. The van der Waals surface area contributed by atoms with Crippen molar-refractivity contribution >= 4 is 33.8 Å². The van der Waals surface area contributed by atoms with Crippen molar-refractivity contribution in [2.24, 2.45) is 7.05 Å². The number of aromatic nitrogens is 4. The minimum absolute atomic E-state index is 0.131. The van der Waals surface area contributed by atoms with Crippen molar-refractivity contribution in [3.05, 3.63) is 42.6 Å². The number of methoxy groups -OCH3 is 1. The summed E-state index contributed by atoms with van der Waals surface area (Å²) < 4.78 is 18.5. The normalized spacial score (nSPS) is 19.2. The average Bonchev–Trinajstić information content (AvgIpc) is 3.49. The highest BCUT2D eigenvalue weighted by molar-refractivity contribution is 5.89. The van der Waals surface area contributed by atoms with Crippen molar-refractivity contribution in [3.63, 3.8) is 0 Å². The zero-order chi connectivity index (χ0) is 27.4. The van der Waals surface area contributed by atoms with E-state index in [1.54, 1.807) is 11.8 Å². The summed E-state index contributed by atoms with van der Waals surface area (Å²) in [4.78, 5) is 26.8. The van der Waals surface area contributed by atoms with E-state index in [9.17, 15) is 4.79 Å². The maximum atomic E-state index is 12.8. The summed E-state index contributed by atoms with van der Waals surface area (Å²) in [5, 5.41) is 5.50. The second-order valence-electron chi connectivity index (χ2n) is 11.4. The number of benzene rings is 1. The quantitative estimate of drug-likeness (QED) is 0.341. The Morgan fingerprint density at radius 3 is 2.54 bits per heavy atom. The van der Waals surface area contributed by atoms with Crippen LogP contribution in [0.1, 0.15) is 33.6 Å². The third kappa shape index (κ3) is 4.73. The summed E-state index contributed by atoms with van der Waals surface area (Å²) in [5.41, 5.74) is 3.44. The second-order valence-corrected chi connectivity index (χ2v) is 11.4. The molecule has 0 radical (unpaired) electrons. The number of hydrogen-bond donors (Lipinski definition) is 0. The molecular formula is C29H34N6O4. The number of amides is 1. The van der Waals surface area contributed by atoms with Gasteiger partial charge in [-0.2, -0.15) is 5.10 Å². The Balaban J connectivity index is 1.25. The lowest BCUT2D eigenvalue weighted by atomic mass is 9.84. The summed E-state index contributed by atoms with van der Waals surface area (Å²) in [6.07, 6.45) is 3.64. The van der Waals surface area contributed by atoms with Gasteiger partial charge in [0.1, 0.15) is 17.2 Å². The van der Waals surface area contributed by atoms with Gasteiger partial charge in [-0.05, 0) is 63.9 Å². The number of carbonyl (C=O) groups is 1. The van der Waals surface area contributed by atoms with Crippen LogP contribution in [0.4, 0.5) is 10.6 Å². The first-order valence-corrected chi connectivity index (χ1v) is 13.3. The van der Waals surface area contributed by atoms with Crippen molar-refractivity contribution in [1.82, 2.24) is 24.6 Å². The van der Waals surface area contributed by atoms with Crippen LogP contribution in [0.15, 0.2) is 42.6 Å². The maximum absolute atomic E-state index is 12.8. The Hall–Kier alpha value is -3.92. The van der Waals surface area contributed by atoms with Gasteiger partial charge in [-0.15, -0.1) is 0 Å². The third-order valence-corrected chi connectivity index (χ3v) is 7.50. The molecule has 0 N–H and O–H groups in total. The molecule has 3 aromatic heterocycles. The highest BCUT2D eigenvalue weighted by Gasteiger charge is 2.52. The van der Waals surface area contributed by atoms with Crippen molar-refractivity contribution in [2.75, 3.05) is 38.4 Å². The van der Waals surface area contributed by atoms with Crippen LogP contribution in [0.2, 0.25) is 0 Å². The van der Waals surface area contributed by atoms with Gasteiger partial charge in [0.15, 0.2) is 6.79 Å². The van der Waals surface area contributed by atoms with Crippen LogP contribution in [-0.4, -0.2) is 75.4 Å².